The number of methoxy groups -OCH3 is 1. The highest BCUT2D eigenvalue weighted by atomic mass is 32.2. The average molecular weight is 550 g/mol. The summed E-state index contributed by atoms with van der Waals surface area (Å²) in [6.45, 7) is 3.94. The summed E-state index contributed by atoms with van der Waals surface area (Å²) >= 11 is 1.10. The van der Waals surface area contributed by atoms with Gasteiger partial charge in [0.15, 0.2) is 5.13 Å². The first kappa shape index (κ1) is 26.9. The van der Waals surface area contributed by atoms with Crippen molar-refractivity contribution in [3.8, 4) is 17.1 Å². The number of rotatable bonds is 12. The van der Waals surface area contributed by atoms with Crippen LogP contribution in [-0.2, 0) is 14.8 Å². The van der Waals surface area contributed by atoms with Crippen molar-refractivity contribution in [1.29, 1.82) is 0 Å². The van der Waals surface area contributed by atoms with Crippen LogP contribution in [0, 0.1) is 5.82 Å². The van der Waals surface area contributed by atoms with Gasteiger partial charge in [0.2, 0.25) is 15.9 Å². The fourth-order valence-electron chi connectivity index (χ4n) is 3.88. The van der Waals surface area contributed by atoms with Crippen LogP contribution in [0.4, 0.5) is 9.52 Å². The second-order valence-corrected chi connectivity index (χ2v) is 11.7. The highest BCUT2D eigenvalue weighted by molar-refractivity contribution is 7.93. The molecule has 0 radical (unpaired) electrons. The number of hydrogen-bond acceptors (Lipinski definition) is 9. The highest BCUT2D eigenvalue weighted by Crippen LogP contribution is 2.40. The zero-order valence-electron chi connectivity index (χ0n) is 20.6. The van der Waals surface area contributed by atoms with E-state index < -0.39 is 32.9 Å². The first-order valence-corrected chi connectivity index (χ1v) is 14.1. The lowest BCUT2D eigenvalue weighted by Gasteiger charge is -2.21. The van der Waals surface area contributed by atoms with Crippen LogP contribution in [0.25, 0.3) is 11.3 Å². The van der Waals surface area contributed by atoms with Crippen LogP contribution >= 0.6 is 11.3 Å². The molecule has 2 aromatic heterocycles. The molecule has 1 aliphatic rings. The van der Waals surface area contributed by atoms with Gasteiger partial charge in [0, 0.05) is 36.1 Å². The number of carbonyl (C=O) groups excluding carboxylic acids is 1. The van der Waals surface area contributed by atoms with Gasteiger partial charge in [-0.2, -0.15) is 0 Å². The molecule has 1 atom stereocenters. The Morgan fingerprint density at radius 1 is 1.27 bits per heavy atom. The van der Waals surface area contributed by atoms with Gasteiger partial charge in [-0.25, -0.2) is 22.8 Å². The van der Waals surface area contributed by atoms with Gasteiger partial charge in [-0.15, -0.1) is 11.3 Å². The molecular formula is C24H28FN5O5S2. The van der Waals surface area contributed by atoms with Gasteiger partial charge in [-0.1, -0.05) is 6.07 Å². The third-order valence-corrected chi connectivity index (χ3v) is 8.45. The summed E-state index contributed by atoms with van der Waals surface area (Å²) in [7, 11) is -2.00. The lowest BCUT2D eigenvalue weighted by atomic mass is 9.86. The van der Waals surface area contributed by atoms with Gasteiger partial charge in [0.05, 0.1) is 40.7 Å². The second-order valence-electron chi connectivity index (χ2n) is 8.92. The van der Waals surface area contributed by atoms with Crippen molar-refractivity contribution in [3.05, 3.63) is 52.5 Å². The standard InChI is InChI=1S/C24H28FN5O5S2/c1-13(2)35-20-11-27-10-18(28-20)15-6-7-17(23(26)31)22(25)21(15)16(8-9-34-3)19-12-36-24(29-19)30-37(32,33)14-4-5-14/h6-7,10-14,16H,4-5,8-9H2,1-3H3,(H2,26,31)(H,29,30). The minimum Gasteiger partial charge on any atom is -0.474 e. The summed E-state index contributed by atoms with van der Waals surface area (Å²) in [4.78, 5) is 25.2. The molecule has 10 nitrogen and oxygen atoms in total. The van der Waals surface area contributed by atoms with Gasteiger partial charge in [-0.05, 0) is 39.2 Å². The molecule has 4 rings (SSSR count). The highest BCUT2D eigenvalue weighted by Gasteiger charge is 2.36. The van der Waals surface area contributed by atoms with E-state index in [-0.39, 0.29) is 41.3 Å². The van der Waals surface area contributed by atoms with E-state index in [9.17, 15) is 13.2 Å². The minimum absolute atomic E-state index is 0.131. The number of anilines is 1. The van der Waals surface area contributed by atoms with Crippen molar-refractivity contribution in [3.63, 3.8) is 0 Å². The summed E-state index contributed by atoms with van der Waals surface area (Å²) in [5.74, 6) is -2.18. The van der Waals surface area contributed by atoms with Crippen molar-refractivity contribution >= 4 is 32.4 Å². The third kappa shape index (κ3) is 6.22. The van der Waals surface area contributed by atoms with E-state index in [2.05, 4.69) is 19.7 Å². The molecule has 2 heterocycles. The maximum atomic E-state index is 16.0. The van der Waals surface area contributed by atoms with Crippen LogP contribution in [0.3, 0.4) is 0 Å². The number of nitrogens with zero attached hydrogens (tertiary/aromatic N) is 3. The number of halogens is 1. The predicted octanol–water partition coefficient (Wildman–Crippen LogP) is 3.70. The Morgan fingerprint density at radius 2 is 2.03 bits per heavy atom. The van der Waals surface area contributed by atoms with Crippen molar-refractivity contribution < 1.29 is 27.1 Å². The van der Waals surface area contributed by atoms with E-state index in [1.54, 1.807) is 11.4 Å². The van der Waals surface area contributed by atoms with Crippen LogP contribution in [-0.4, -0.2) is 54.3 Å². The number of nitrogens with one attached hydrogen (secondary N) is 1. The molecule has 0 bridgehead atoms. The molecule has 3 aromatic rings. The number of sulfonamides is 1. The Bertz CT molecular complexity index is 1390. The zero-order chi connectivity index (χ0) is 26.7. The van der Waals surface area contributed by atoms with Crippen LogP contribution in [0.1, 0.15) is 60.6 Å². The minimum atomic E-state index is -3.52. The average Bonchev–Trinajstić information content (AvgIpc) is 3.61. The van der Waals surface area contributed by atoms with E-state index in [0.29, 0.717) is 29.8 Å². The van der Waals surface area contributed by atoms with Crippen molar-refractivity contribution in [2.45, 2.75) is 50.4 Å². The van der Waals surface area contributed by atoms with Crippen molar-refractivity contribution in [2.75, 3.05) is 18.4 Å². The maximum absolute atomic E-state index is 16.0. The molecule has 1 unspecified atom stereocenters. The molecule has 13 heteroatoms. The molecule has 198 valence electrons. The number of aromatic nitrogens is 3. The summed E-state index contributed by atoms with van der Waals surface area (Å²) in [5.41, 5.74) is 6.42. The molecule has 1 aliphatic carbocycles. The molecule has 37 heavy (non-hydrogen) atoms. The van der Waals surface area contributed by atoms with Gasteiger partial charge in [-0.3, -0.25) is 14.5 Å². The number of carbonyl (C=O) groups is 1. The van der Waals surface area contributed by atoms with Gasteiger partial charge in [0.1, 0.15) is 5.82 Å². The Balaban J connectivity index is 1.83. The second kappa shape index (κ2) is 11.1. The maximum Gasteiger partial charge on any atom is 0.251 e. The summed E-state index contributed by atoms with van der Waals surface area (Å²) in [6, 6.07) is 2.86. The van der Waals surface area contributed by atoms with Crippen LogP contribution in [0.15, 0.2) is 29.9 Å². The van der Waals surface area contributed by atoms with Gasteiger partial charge >= 0.3 is 0 Å². The molecular weight excluding hydrogens is 521 g/mol. The van der Waals surface area contributed by atoms with Crippen molar-refractivity contribution in [2.24, 2.45) is 5.73 Å². The van der Waals surface area contributed by atoms with Crippen LogP contribution in [0.5, 0.6) is 5.88 Å². The number of primary amides is 1. The Morgan fingerprint density at radius 3 is 2.68 bits per heavy atom. The van der Waals surface area contributed by atoms with E-state index in [4.69, 9.17) is 15.2 Å². The smallest absolute Gasteiger partial charge is 0.251 e. The number of nitrogens with two attached hydrogens (primary N) is 1. The fourth-order valence-corrected chi connectivity index (χ4v) is 6.24. The molecule has 1 aromatic carbocycles. The Hall–Kier alpha value is -3.16. The van der Waals surface area contributed by atoms with Crippen molar-refractivity contribution in [1.82, 2.24) is 15.0 Å². The number of benzene rings is 1. The van der Waals surface area contributed by atoms with E-state index >= 15 is 4.39 Å². The van der Waals surface area contributed by atoms with E-state index in [0.717, 1.165) is 11.3 Å². The van der Waals surface area contributed by atoms with E-state index in [1.807, 2.05) is 13.8 Å². The number of thiazole rings is 1. The zero-order valence-corrected chi connectivity index (χ0v) is 22.2. The van der Waals surface area contributed by atoms with Gasteiger partial charge in [0.25, 0.3) is 5.91 Å². The van der Waals surface area contributed by atoms with Crippen LogP contribution < -0.4 is 15.2 Å². The number of hydrogen-bond donors (Lipinski definition) is 2. The fraction of sp³-hybridized carbons (Fsp3) is 0.417. The molecule has 0 saturated heterocycles. The number of amides is 1. The van der Waals surface area contributed by atoms with E-state index in [1.165, 1.54) is 25.6 Å². The Kier molecular flexibility index (Phi) is 8.05. The van der Waals surface area contributed by atoms with Crippen LogP contribution in [0.2, 0.25) is 0 Å². The summed E-state index contributed by atoms with van der Waals surface area (Å²) < 4.78 is 54.2. The third-order valence-electron chi connectivity index (χ3n) is 5.72. The molecule has 1 fully saturated rings. The first-order chi connectivity index (χ1) is 17.6. The summed E-state index contributed by atoms with van der Waals surface area (Å²) in [5, 5.41) is 1.43. The topological polar surface area (TPSA) is 146 Å². The first-order valence-electron chi connectivity index (χ1n) is 11.7. The molecule has 0 aliphatic heterocycles. The predicted molar refractivity (Wildman–Crippen MR) is 138 cm³/mol. The molecule has 3 N–H and O–H groups in total. The SMILES string of the molecule is COCCC(c1csc(NS(=O)(=O)C2CC2)n1)c1c(-c2cncc(OC(C)C)n2)ccc(C(N)=O)c1F. The molecule has 0 spiro atoms. The monoisotopic (exact) mass is 549 g/mol. The molecule has 1 saturated carbocycles. The number of ether oxygens (including phenoxy) is 2. The normalized spacial score (nSPS) is 14.5. The summed E-state index contributed by atoms with van der Waals surface area (Å²) in [6.07, 6.45) is 4.28. The van der Waals surface area contributed by atoms with Gasteiger partial charge < -0.3 is 15.2 Å². The lowest BCUT2D eigenvalue weighted by Crippen LogP contribution is -2.18. The molecule has 1 amide bonds. The Labute approximate surface area is 218 Å². The quantitative estimate of drug-likeness (QED) is 0.348. The largest absolute Gasteiger partial charge is 0.474 e. The lowest BCUT2D eigenvalue weighted by molar-refractivity contribution is 0.0996.